The van der Waals surface area contributed by atoms with E-state index >= 15 is 0 Å². The standard InChI is InChI=1S/C13H9ClF3NO/c14-12-10(6-9(7-18-12)13(15,16)17)11(19)8-4-2-1-3-5-8/h1-7,11,19H. The van der Waals surface area contributed by atoms with E-state index < -0.39 is 17.8 Å². The van der Waals surface area contributed by atoms with Crippen molar-refractivity contribution in [1.29, 1.82) is 0 Å². The Balaban J connectivity index is 2.45. The van der Waals surface area contributed by atoms with E-state index in [-0.39, 0.29) is 10.7 Å². The molecular weight excluding hydrogens is 279 g/mol. The lowest BCUT2D eigenvalue weighted by Gasteiger charge is -2.15. The summed E-state index contributed by atoms with van der Waals surface area (Å²) < 4.78 is 37.8. The average molecular weight is 288 g/mol. The van der Waals surface area contributed by atoms with Gasteiger partial charge < -0.3 is 5.11 Å². The van der Waals surface area contributed by atoms with Crippen LogP contribution in [0.5, 0.6) is 0 Å². The van der Waals surface area contributed by atoms with E-state index in [0.717, 1.165) is 6.07 Å². The van der Waals surface area contributed by atoms with Crippen molar-refractivity contribution in [3.63, 3.8) is 0 Å². The molecule has 0 radical (unpaired) electrons. The molecule has 0 bridgehead atoms. The van der Waals surface area contributed by atoms with Crippen molar-refractivity contribution in [3.8, 4) is 0 Å². The molecule has 1 heterocycles. The molecule has 1 aromatic heterocycles. The summed E-state index contributed by atoms with van der Waals surface area (Å²) in [5, 5.41) is 9.92. The van der Waals surface area contributed by atoms with Gasteiger partial charge in [-0.05, 0) is 11.6 Å². The lowest BCUT2D eigenvalue weighted by atomic mass is 10.0. The summed E-state index contributed by atoms with van der Waals surface area (Å²) >= 11 is 5.75. The number of hydrogen-bond acceptors (Lipinski definition) is 2. The number of aromatic nitrogens is 1. The van der Waals surface area contributed by atoms with Gasteiger partial charge >= 0.3 is 6.18 Å². The maximum Gasteiger partial charge on any atom is 0.417 e. The van der Waals surface area contributed by atoms with Crippen molar-refractivity contribution in [2.45, 2.75) is 12.3 Å². The molecule has 0 aliphatic heterocycles. The lowest BCUT2D eigenvalue weighted by Crippen LogP contribution is -2.09. The van der Waals surface area contributed by atoms with Gasteiger partial charge in [0.05, 0.1) is 5.56 Å². The number of halogens is 4. The van der Waals surface area contributed by atoms with Gasteiger partial charge in [-0.3, -0.25) is 0 Å². The van der Waals surface area contributed by atoms with Crippen molar-refractivity contribution in [3.05, 3.63) is 64.4 Å². The molecule has 6 heteroatoms. The second kappa shape index (κ2) is 5.19. The van der Waals surface area contributed by atoms with E-state index in [2.05, 4.69) is 4.98 Å². The highest BCUT2D eigenvalue weighted by Gasteiger charge is 2.32. The van der Waals surface area contributed by atoms with Gasteiger partial charge in [-0.2, -0.15) is 13.2 Å². The maximum atomic E-state index is 12.6. The van der Waals surface area contributed by atoms with E-state index in [1.54, 1.807) is 30.3 Å². The van der Waals surface area contributed by atoms with Gasteiger partial charge in [-0.1, -0.05) is 41.9 Å². The Bertz CT molecular complexity index is 572. The first-order valence-corrected chi connectivity index (χ1v) is 5.73. The minimum atomic E-state index is -4.53. The molecule has 0 amide bonds. The van der Waals surface area contributed by atoms with E-state index in [9.17, 15) is 18.3 Å². The molecular formula is C13H9ClF3NO. The molecule has 0 saturated carbocycles. The predicted molar refractivity (Wildman–Crippen MR) is 64.8 cm³/mol. The maximum absolute atomic E-state index is 12.6. The van der Waals surface area contributed by atoms with E-state index in [1.165, 1.54) is 0 Å². The van der Waals surface area contributed by atoms with Gasteiger partial charge in [0.2, 0.25) is 0 Å². The largest absolute Gasteiger partial charge is 0.417 e. The summed E-state index contributed by atoms with van der Waals surface area (Å²) in [6.07, 6.45) is -5.13. The van der Waals surface area contributed by atoms with Gasteiger partial charge in [0.1, 0.15) is 11.3 Å². The van der Waals surface area contributed by atoms with Crippen LogP contribution in [0.2, 0.25) is 5.15 Å². The summed E-state index contributed by atoms with van der Waals surface area (Å²) in [6.45, 7) is 0. The van der Waals surface area contributed by atoms with Crippen molar-refractivity contribution >= 4 is 11.6 Å². The molecule has 0 saturated heterocycles. The highest BCUT2D eigenvalue weighted by molar-refractivity contribution is 6.30. The Hall–Kier alpha value is -1.59. The van der Waals surface area contributed by atoms with Crippen molar-refractivity contribution < 1.29 is 18.3 Å². The minimum Gasteiger partial charge on any atom is -0.384 e. The molecule has 1 N–H and O–H groups in total. The number of benzene rings is 1. The van der Waals surface area contributed by atoms with Gasteiger partial charge in [0.25, 0.3) is 0 Å². The van der Waals surface area contributed by atoms with Gasteiger partial charge in [-0.15, -0.1) is 0 Å². The SMILES string of the molecule is OC(c1ccccc1)c1cc(C(F)(F)F)cnc1Cl. The molecule has 0 aliphatic rings. The summed E-state index contributed by atoms with van der Waals surface area (Å²) in [5.74, 6) is 0. The molecule has 100 valence electrons. The van der Waals surface area contributed by atoms with Crippen LogP contribution in [0.1, 0.15) is 22.8 Å². The van der Waals surface area contributed by atoms with Crippen LogP contribution in [0.3, 0.4) is 0 Å². The van der Waals surface area contributed by atoms with Crippen LogP contribution in [-0.4, -0.2) is 10.1 Å². The van der Waals surface area contributed by atoms with Crippen LogP contribution < -0.4 is 0 Å². The Morgan fingerprint density at radius 3 is 2.37 bits per heavy atom. The molecule has 1 atom stereocenters. The number of alkyl halides is 3. The molecule has 2 aromatic rings. The fourth-order valence-corrected chi connectivity index (χ4v) is 1.83. The van der Waals surface area contributed by atoms with E-state index in [1.807, 2.05) is 0 Å². The summed E-state index contributed by atoms with van der Waals surface area (Å²) in [6, 6.07) is 9.10. The van der Waals surface area contributed by atoms with Crippen LogP contribution >= 0.6 is 11.6 Å². The number of rotatable bonds is 2. The first-order valence-electron chi connectivity index (χ1n) is 5.35. The first kappa shape index (κ1) is 13.8. The second-order valence-electron chi connectivity index (χ2n) is 3.92. The number of aliphatic hydroxyl groups is 1. The molecule has 0 spiro atoms. The molecule has 0 aliphatic carbocycles. The monoisotopic (exact) mass is 287 g/mol. The van der Waals surface area contributed by atoms with E-state index in [4.69, 9.17) is 11.6 Å². The quantitative estimate of drug-likeness (QED) is 0.852. The van der Waals surface area contributed by atoms with Crippen molar-refractivity contribution in [1.82, 2.24) is 4.98 Å². The van der Waals surface area contributed by atoms with Crippen LogP contribution in [-0.2, 0) is 6.18 Å². The third kappa shape index (κ3) is 3.05. The smallest absolute Gasteiger partial charge is 0.384 e. The predicted octanol–water partition coefficient (Wildman–Crippen LogP) is 3.84. The third-order valence-corrected chi connectivity index (χ3v) is 2.92. The van der Waals surface area contributed by atoms with Crippen molar-refractivity contribution in [2.24, 2.45) is 0 Å². The molecule has 2 rings (SSSR count). The molecule has 0 fully saturated rings. The Morgan fingerprint density at radius 1 is 1.16 bits per heavy atom. The zero-order valence-corrected chi connectivity index (χ0v) is 10.3. The fourth-order valence-electron chi connectivity index (χ4n) is 1.63. The fraction of sp³-hybridized carbons (Fsp3) is 0.154. The van der Waals surface area contributed by atoms with Crippen LogP contribution in [0.15, 0.2) is 42.6 Å². The second-order valence-corrected chi connectivity index (χ2v) is 4.27. The molecule has 1 aromatic carbocycles. The Labute approximate surface area is 112 Å². The van der Waals surface area contributed by atoms with Crippen LogP contribution in [0, 0.1) is 0 Å². The number of nitrogens with zero attached hydrogens (tertiary/aromatic N) is 1. The van der Waals surface area contributed by atoms with Crippen molar-refractivity contribution in [2.75, 3.05) is 0 Å². The van der Waals surface area contributed by atoms with Crippen LogP contribution in [0.25, 0.3) is 0 Å². The van der Waals surface area contributed by atoms with Gasteiger partial charge in [0, 0.05) is 11.8 Å². The normalized spacial score (nSPS) is 13.3. The highest BCUT2D eigenvalue weighted by Crippen LogP contribution is 2.34. The van der Waals surface area contributed by atoms with Crippen LogP contribution in [0.4, 0.5) is 13.2 Å². The summed E-state index contributed by atoms with van der Waals surface area (Å²) in [7, 11) is 0. The lowest BCUT2D eigenvalue weighted by molar-refractivity contribution is -0.137. The summed E-state index contributed by atoms with van der Waals surface area (Å²) in [5.41, 5.74) is -0.560. The topological polar surface area (TPSA) is 33.1 Å². The molecule has 2 nitrogen and oxygen atoms in total. The highest BCUT2D eigenvalue weighted by atomic mass is 35.5. The zero-order chi connectivity index (χ0) is 14.0. The first-order chi connectivity index (χ1) is 8.89. The minimum absolute atomic E-state index is 0.0670. The number of pyridine rings is 1. The summed E-state index contributed by atoms with van der Waals surface area (Å²) in [4.78, 5) is 3.48. The number of hydrogen-bond donors (Lipinski definition) is 1. The number of aliphatic hydroxyl groups excluding tert-OH is 1. The van der Waals surface area contributed by atoms with E-state index in [0.29, 0.717) is 11.8 Å². The molecule has 1 unspecified atom stereocenters. The third-order valence-electron chi connectivity index (χ3n) is 2.60. The Kier molecular flexibility index (Phi) is 3.78. The average Bonchev–Trinajstić information content (AvgIpc) is 2.38. The molecule has 19 heavy (non-hydrogen) atoms. The van der Waals surface area contributed by atoms with Gasteiger partial charge in [-0.25, -0.2) is 4.98 Å². The Morgan fingerprint density at radius 2 is 1.79 bits per heavy atom. The van der Waals surface area contributed by atoms with Gasteiger partial charge in [0.15, 0.2) is 0 Å². The zero-order valence-electron chi connectivity index (χ0n) is 9.53.